The minimum Gasteiger partial charge on any atom is -0.436 e. The number of likely N-dealkylation sites (tertiary alicyclic amines) is 1. The molecule has 0 saturated carbocycles. The van der Waals surface area contributed by atoms with Crippen molar-refractivity contribution >= 4 is 11.8 Å². The van der Waals surface area contributed by atoms with Crippen molar-refractivity contribution in [2.75, 3.05) is 13.1 Å². The summed E-state index contributed by atoms with van der Waals surface area (Å²) in [6.45, 7) is 2.99. The number of oxazole rings is 1. The van der Waals surface area contributed by atoms with Gasteiger partial charge in [0.05, 0.1) is 17.7 Å². The van der Waals surface area contributed by atoms with Gasteiger partial charge in [0.25, 0.3) is 5.91 Å². The molecule has 1 aliphatic rings. The molecule has 6 nitrogen and oxygen atoms in total. The average molecular weight is 389 g/mol. The molecule has 1 atom stereocenters. The van der Waals surface area contributed by atoms with Crippen LogP contribution in [0, 0.1) is 12.8 Å². The molecule has 4 rings (SSSR count). The number of amides is 2. The molecular weight excluding hydrogens is 366 g/mol. The molecule has 1 aromatic heterocycles. The van der Waals surface area contributed by atoms with Gasteiger partial charge >= 0.3 is 0 Å². The molecule has 0 bridgehead atoms. The molecule has 0 spiro atoms. The van der Waals surface area contributed by atoms with Crippen LogP contribution in [0.1, 0.15) is 28.8 Å². The van der Waals surface area contributed by atoms with Crippen LogP contribution in [-0.2, 0) is 4.79 Å². The van der Waals surface area contributed by atoms with E-state index in [4.69, 9.17) is 10.2 Å². The first kappa shape index (κ1) is 18.9. The Kier molecular flexibility index (Phi) is 5.16. The van der Waals surface area contributed by atoms with E-state index in [0.29, 0.717) is 35.9 Å². The van der Waals surface area contributed by atoms with Crippen LogP contribution in [0.15, 0.2) is 59.1 Å². The summed E-state index contributed by atoms with van der Waals surface area (Å²) < 4.78 is 5.98. The summed E-state index contributed by atoms with van der Waals surface area (Å²) in [5, 5.41) is 0. The SMILES string of the molecule is Cc1ccc(-c2cnc(-c3ccccc3C(=O)N3CCCC(C(N)=O)C3)o2)cc1. The first-order chi connectivity index (χ1) is 14.0. The van der Waals surface area contributed by atoms with E-state index in [9.17, 15) is 9.59 Å². The van der Waals surface area contributed by atoms with Crippen LogP contribution in [0.3, 0.4) is 0 Å². The van der Waals surface area contributed by atoms with Crippen molar-refractivity contribution in [3.05, 3.63) is 65.9 Å². The second kappa shape index (κ2) is 7.91. The van der Waals surface area contributed by atoms with Gasteiger partial charge in [-0.15, -0.1) is 0 Å². The van der Waals surface area contributed by atoms with Crippen molar-refractivity contribution < 1.29 is 14.0 Å². The van der Waals surface area contributed by atoms with Gasteiger partial charge < -0.3 is 15.1 Å². The van der Waals surface area contributed by atoms with Crippen molar-refractivity contribution in [2.24, 2.45) is 11.7 Å². The van der Waals surface area contributed by atoms with Crippen LogP contribution < -0.4 is 5.73 Å². The molecule has 6 heteroatoms. The number of hydrogen-bond acceptors (Lipinski definition) is 4. The molecule has 1 unspecified atom stereocenters. The molecular formula is C23H23N3O3. The number of piperidine rings is 1. The van der Waals surface area contributed by atoms with Crippen molar-refractivity contribution in [1.29, 1.82) is 0 Å². The molecule has 2 N–H and O–H groups in total. The number of carbonyl (C=O) groups excluding carboxylic acids is 2. The molecule has 1 fully saturated rings. The second-order valence-electron chi connectivity index (χ2n) is 7.43. The number of nitrogens with two attached hydrogens (primary N) is 1. The lowest BCUT2D eigenvalue weighted by molar-refractivity contribution is -0.123. The normalized spacial score (nSPS) is 16.6. The molecule has 1 saturated heterocycles. The first-order valence-corrected chi connectivity index (χ1v) is 9.74. The summed E-state index contributed by atoms with van der Waals surface area (Å²) in [5.74, 6) is 0.254. The Bertz CT molecular complexity index is 1040. The number of aromatic nitrogens is 1. The molecule has 1 aliphatic heterocycles. The molecule has 0 radical (unpaired) electrons. The maximum Gasteiger partial charge on any atom is 0.254 e. The van der Waals surface area contributed by atoms with Crippen molar-refractivity contribution in [2.45, 2.75) is 19.8 Å². The van der Waals surface area contributed by atoms with Gasteiger partial charge in [-0.25, -0.2) is 4.98 Å². The zero-order valence-corrected chi connectivity index (χ0v) is 16.3. The fourth-order valence-electron chi connectivity index (χ4n) is 3.67. The molecule has 3 aromatic rings. The smallest absolute Gasteiger partial charge is 0.254 e. The summed E-state index contributed by atoms with van der Waals surface area (Å²) in [7, 11) is 0. The fraction of sp³-hybridized carbons (Fsp3) is 0.261. The Morgan fingerprint density at radius 2 is 1.90 bits per heavy atom. The van der Waals surface area contributed by atoms with Crippen LogP contribution >= 0.6 is 0 Å². The quantitative estimate of drug-likeness (QED) is 0.737. The Labute approximate surface area is 169 Å². The van der Waals surface area contributed by atoms with Crippen molar-refractivity contribution in [3.63, 3.8) is 0 Å². The summed E-state index contributed by atoms with van der Waals surface area (Å²) in [5.41, 5.74) is 8.70. The Balaban J connectivity index is 1.63. The van der Waals surface area contributed by atoms with Gasteiger partial charge in [0.2, 0.25) is 11.8 Å². The van der Waals surface area contributed by atoms with E-state index in [0.717, 1.165) is 18.4 Å². The molecule has 29 heavy (non-hydrogen) atoms. The summed E-state index contributed by atoms with van der Waals surface area (Å²) in [4.78, 5) is 30.8. The second-order valence-corrected chi connectivity index (χ2v) is 7.43. The van der Waals surface area contributed by atoms with E-state index < -0.39 is 0 Å². The highest BCUT2D eigenvalue weighted by atomic mass is 16.4. The highest BCUT2D eigenvalue weighted by Crippen LogP contribution is 2.30. The van der Waals surface area contributed by atoms with Gasteiger partial charge in [0.15, 0.2) is 5.76 Å². The van der Waals surface area contributed by atoms with Crippen molar-refractivity contribution in [1.82, 2.24) is 9.88 Å². The van der Waals surface area contributed by atoms with E-state index in [1.165, 1.54) is 5.56 Å². The maximum absolute atomic E-state index is 13.2. The van der Waals surface area contributed by atoms with Gasteiger partial charge in [0.1, 0.15) is 0 Å². The fourth-order valence-corrected chi connectivity index (χ4v) is 3.67. The van der Waals surface area contributed by atoms with Gasteiger partial charge in [-0.1, -0.05) is 42.0 Å². The first-order valence-electron chi connectivity index (χ1n) is 9.74. The van der Waals surface area contributed by atoms with E-state index in [2.05, 4.69) is 4.98 Å². The molecule has 0 aliphatic carbocycles. The standard InChI is InChI=1S/C23H23N3O3/c1-15-8-10-16(11-9-15)20-13-25-22(29-20)18-6-2-3-7-19(18)23(28)26-12-4-5-17(14-26)21(24)27/h2-3,6-11,13,17H,4-5,12,14H2,1H3,(H2,24,27). The summed E-state index contributed by atoms with van der Waals surface area (Å²) in [6.07, 6.45) is 3.16. The summed E-state index contributed by atoms with van der Waals surface area (Å²) >= 11 is 0. The molecule has 2 amide bonds. The Morgan fingerprint density at radius 1 is 1.14 bits per heavy atom. The van der Waals surface area contributed by atoms with E-state index >= 15 is 0 Å². The number of aryl methyl sites for hydroxylation is 1. The van der Waals surface area contributed by atoms with Crippen LogP contribution in [0.25, 0.3) is 22.8 Å². The average Bonchev–Trinajstić information content (AvgIpc) is 3.24. The predicted octanol–water partition coefficient (Wildman–Crippen LogP) is 3.65. The monoisotopic (exact) mass is 389 g/mol. The highest BCUT2D eigenvalue weighted by Gasteiger charge is 2.29. The van der Waals surface area contributed by atoms with Crippen LogP contribution in [0.5, 0.6) is 0 Å². The van der Waals surface area contributed by atoms with Crippen LogP contribution in [0.2, 0.25) is 0 Å². The van der Waals surface area contributed by atoms with Gasteiger partial charge in [-0.3, -0.25) is 9.59 Å². The molecule has 148 valence electrons. The number of nitrogens with zero attached hydrogens (tertiary/aromatic N) is 2. The predicted molar refractivity (Wildman–Crippen MR) is 110 cm³/mol. The highest BCUT2D eigenvalue weighted by molar-refractivity contribution is 6.00. The van der Waals surface area contributed by atoms with Gasteiger partial charge in [-0.2, -0.15) is 0 Å². The zero-order chi connectivity index (χ0) is 20.4. The minimum absolute atomic E-state index is 0.137. The Hall–Kier alpha value is -3.41. The third-order valence-electron chi connectivity index (χ3n) is 5.34. The van der Waals surface area contributed by atoms with Crippen LogP contribution in [0.4, 0.5) is 0 Å². The lowest BCUT2D eigenvalue weighted by atomic mass is 9.96. The van der Waals surface area contributed by atoms with Gasteiger partial charge in [0, 0.05) is 24.2 Å². The third kappa shape index (κ3) is 3.92. The summed E-state index contributed by atoms with van der Waals surface area (Å²) in [6, 6.07) is 15.2. The third-order valence-corrected chi connectivity index (χ3v) is 5.34. The largest absolute Gasteiger partial charge is 0.436 e. The van der Waals surface area contributed by atoms with Crippen LogP contribution in [-0.4, -0.2) is 34.8 Å². The lowest BCUT2D eigenvalue weighted by Crippen LogP contribution is -2.44. The zero-order valence-electron chi connectivity index (χ0n) is 16.3. The molecule has 2 heterocycles. The van der Waals surface area contributed by atoms with E-state index in [1.807, 2.05) is 49.4 Å². The number of hydrogen-bond donors (Lipinski definition) is 1. The van der Waals surface area contributed by atoms with E-state index in [-0.39, 0.29) is 17.7 Å². The van der Waals surface area contributed by atoms with Gasteiger partial charge in [-0.05, 0) is 31.9 Å². The number of benzene rings is 2. The van der Waals surface area contributed by atoms with E-state index in [1.54, 1.807) is 17.2 Å². The lowest BCUT2D eigenvalue weighted by Gasteiger charge is -2.31. The minimum atomic E-state index is -0.355. The maximum atomic E-state index is 13.2. The number of primary amides is 1. The molecule has 2 aromatic carbocycles. The number of rotatable bonds is 4. The topological polar surface area (TPSA) is 89.4 Å². The number of carbonyl (C=O) groups is 2. The van der Waals surface area contributed by atoms with Crippen molar-refractivity contribution in [3.8, 4) is 22.8 Å². The Morgan fingerprint density at radius 3 is 2.66 bits per heavy atom.